The average molecular weight is 607 g/mol. The summed E-state index contributed by atoms with van der Waals surface area (Å²) < 4.78 is 44.1. The van der Waals surface area contributed by atoms with E-state index in [-0.39, 0.29) is 0 Å². The SMILES string of the molecule is Cc1c(NS(C)(=O)=O)cccc1N(Cc1ccc(Oc2cccc(OCC3CCOC3)c2)cc1)Cc1cccc(Cl)c1. The predicted octanol–water partition coefficient (Wildman–Crippen LogP) is 7.43. The summed E-state index contributed by atoms with van der Waals surface area (Å²) in [6.07, 6.45) is 2.18. The molecule has 1 unspecified atom stereocenters. The molecule has 1 N–H and O–H groups in total. The zero-order chi connectivity index (χ0) is 29.5. The highest BCUT2D eigenvalue weighted by atomic mass is 35.5. The van der Waals surface area contributed by atoms with E-state index in [1.165, 1.54) is 0 Å². The summed E-state index contributed by atoms with van der Waals surface area (Å²) in [7, 11) is -3.42. The van der Waals surface area contributed by atoms with E-state index in [1.807, 2.05) is 91.9 Å². The van der Waals surface area contributed by atoms with Gasteiger partial charge < -0.3 is 19.1 Å². The minimum absolute atomic E-state index is 0.433. The molecule has 9 heteroatoms. The molecule has 1 fully saturated rings. The third kappa shape index (κ3) is 8.41. The van der Waals surface area contributed by atoms with E-state index in [2.05, 4.69) is 9.62 Å². The van der Waals surface area contributed by atoms with Crippen molar-refractivity contribution in [3.8, 4) is 17.2 Å². The van der Waals surface area contributed by atoms with Crippen molar-refractivity contribution in [1.29, 1.82) is 0 Å². The Morgan fingerprint density at radius 1 is 0.905 bits per heavy atom. The number of rotatable bonds is 12. The Balaban J connectivity index is 1.32. The summed E-state index contributed by atoms with van der Waals surface area (Å²) in [5.74, 6) is 2.63. The maximum absolute atomic E-state index is 12.0. The van der Waals surface area contributed by atoms with E-state index in [0.29, 0.717) is 42.1 Å². The van der Waals surface area contributed by atoms with E-state index in [4.69, 9.17) is 25.8 Å². The molecule has 1 aliphatic heterocycles. The van der Waals surface area contributed by atoms with E-state index in [9.17, 15) is 8.42 Å². The zero-order valence-electron chi connectivity index (χ0n) is 23.8. The summed E-state index contributed by atoms with van der Waals surface area (Å²) in [6, 6.07) is 29.0. The van der Waals surface area contributed by atoms with Crippen molar-refractivity contribution in [3.63, 3.8) is 0 Å². The van der Waals surface area contributed by atoms with E-state index in [1.54, 1.807) is 6.07 Å². The first-order valence-corrected chi connectivity index (χ1v) is 16.1. The number of sulfonamides is 1. The fraction of sp³-hybridized carbons (Fsp3) is 0.273. The number of nitrogens with zero attached hydrogens (tertiary/aromatic N) is 1. The van der Waals surface area contributed by atoms with Crippen LogP contribution in [0.5, 0.6) is 17.2 Å². The highest BCUT2D eigenvalue weighted by Crippen LogP contribution is 2.31. The van der Waals surface area contributed by atoms with Gasteiger partial charge in [-0.25, -0.2) is 8.42 Å². The smallest absolute Gasteiger partial charge is 0.229 e. The van der Waals surface area contributed by atoms with Crippen molar-refractivity contribution in [2.45, 2.75) is 26.4 Å². The van der Waals surface area contributed by atoms with Crippen molar-refractivity contribution < 1.29 is 22.6 Å². The lowest BCUT2D eigenvalue weighted by Crippen LogP contribution is -2.23. The Morgan fingerprint density at radius 3 is 2.38 bits per heavy atom. The van der Waals surface area contributed by atoms with Gasteiger partial charge in [-0.15, -0.1) is 0 Å². The molecule has 5 rings (SSSR count). The summed E-state index contributed by atoms with van der Waals surface area (Å²) in [5, 5.41) is 0.667. The van der Waals surface area contributed by atoms with Gasteiger partial charge in [0.1, 0.15) is 17.2 Å². The maximum atomic E-state index is 12.0. The Hall–Kier alpha value is -3.72. The largest absolute Gasteiger partial charge is 0.493 e. The first-order chi connectivity index (χ1) is 20.2. The van der Waals surface area contributed by atoms with Crippen LogP contribution in [0, 0.1) is 12.8 Å². The Kier molecular flexibility index (Phi) is 9.57. The van der Waals surface area contributed by atoms with Crippen LogP contribution in [0.4, 0.5) is 11.4 Å². The molecule has 220 valence electrons. The number of halogens is 1. The lowest BCUT2D eigenvalue weighted by molar-refractivity contribution is 0.167. The molecule has 0 aromatic heterocycles. The number of ether oxygens (including phenoxy) is 3. The molecule has 1 heterocycles. The minimum atomic E-state index is -3.42. The molecule has 0 radical (unpaired) electrons. The normalized spacial score (nSPS) is 14.9. The Labute approximate surface area is 253 Å². The third-order valence-corrected chi connectivity index (χ3v) is 7.88. The Bertz CT molecular complexity index is 1610. The molecular formula is C33H35ClN2O5S. The summed E-state index contributed by atoms with van der Waals surface area (Å²) in [4.78, 5) is 2.21. The monoisotopic (exact) mass is 606 g/mol. The van der Waals surface area contributed by atoms with Crippen LogP contribution < -0.4 is 19.1 Å². The van der Waals surface area contributed by atoms with Gasteiger partial charge in [0.25, 0.3) is 0 Å². The summed E-state index contributed by atoms with van der Waals surface area (Å²) in [6.45, 7) is 5.28. The van der Waals surface area contributed by atoms with Crippen molar-refractivity contribution in [3.05, 3.63) is 113 Å². The quantitative estimate of drug-likeness (QED) is 0.181. The highest BCUT2D eigenvalue weighted by Gasteiger charge is 2.17. The van der Waals surface area contributed by atoms with Crippen LogP contribution in [0.2, 0.25) is 5.02 Å². The number of hydrogen-bond acceptors (Lipinski definition) is 6. The minimum Gasteiger partial charge on any atom is -0.493 e. The maximum Gasteiger partial charge on any atom is 0.229 e. The standard InChI is InChI=1S/C33H35ClN2O5S/c1-24-32(35-42(2,37)38)10-5-11-33(24)36(21-26-6-3-7-28(34)18-26)20-25-12-14-29(15-13-25)41-31-9-4-8-30(19-31)40-23-27-16-17-39-22-27/h3-15,18-19,27,35H,16-17,20-23H2,1-2H3. The Morgan fingerprint density at radius 2 is 1.64 bits per heavy atom. The second kappa shape index (κ2) is 13.5. The number of hydrogen-bond donors (Lipinski definition) is 1. The van der Waals surface area contributed by atoms with E-state index < -0.39 is 10.0 Å². The van der Waals surface area contributed by atoms with Gasteiger partial charge in [-0.1, -0.05) is 48.0 Å². The first kappa shape index (κ1) is 29.8. The third-order valence-electron chi connectivity index (χ3n) is 7.05. The predicted molar refractivity (Wildman–Crippen MR) is 168 cm³/mol. The van der Waals surface area contributed by atoms with Crippen LogP contribution in [0.25, 0.3) is 0 Å². The topological polar surface area (TPSA) is 77.1 Å². The molecule has 0 bridgehead atoms. The molecule has 4 aromatic carbocycles. The van der Waals surface area contributed by atoms with Crippen molar-refractivity contribution in [2.75, 3.05) is 35.7 Å². The lowest BCUT2D eigenvalue weighted by atomic mass is 10.1. The molecular weight excluding hydrogens is 572 g/mol. The van der Waals surface area contributed by atoms with Gasteiger partial charge >= 0.3 is 0 Å². The molecule has 1 atom stereocenters. The van der Waals surface area contributed by atoms with Gasteiger partial charge in [-0.3, -0.25) is 4.72 Å². The average Bonchev–Trinajstić information content (AvgIpc) is 3.47. The van der Waals surface area contributed by atoms with Crippen LogP contribution in [0.15, 0.2) is 91.0 Å². The summed E-state index contributed by atoms with van der Waals surface area (Å²) >= 11 is 6.28. The molecule has 1 saturated heterocycles. The van der Waals surface area contributed by atoms with Crippen molar-refractivity contribution >= 4 is 33.0 Å². The van der Waals surface area contributed by atoms with Gasteiger partial charge in [0.2, 0.25) is 10.0 Å². The van der Waals surface area contributed by atoms with Gasteiger partial charge in [0, 0.05) is 42.4 Å². The molecule has 1 aliphatic rings. The van der Waals surface area contributed by atoms with Crippen molar-refractivity contribution in [2.24, 2.45) is 5.92 Å². The lowest BCUT2D eigenvalue weighted by Gasteiger charge is -2.28. The van der Waals surface area contributed by atoms with Crippen LogP contribution in [-0.2, 0) is 27.8 Å². The molecule has 0 saturated carbocycles. The second-order valence-corrected chi connectivity index (χ2v) is 12.8. The van der Waals surface area contributed by atoms with Gasteiger partial charge in [-0.05, 0) is 78.6 Å². The van der Waals surface area contributed by atoms with E-state index in [0.717, 1.165) is 59.8 Å². The van der Waals surface area contributed by atoms with Crippen LogP contribution in [0.3, 0.4) is 0 Å². The molecule has 0 spiro atoms. The van der Waals surface area contributed by atoms with Gasteiger partial charge in [0.05, 0.1) is 25.2 Å². The van der Waals surface area contributed by atoms with Gasteiger partial charge in [0.15, 0.2) is 0 Å². The molecule has 4 aromatic rings. The first-order valence-electron chi connectivity index (χ1n) is 13.9. The molecule has 0 aliphatic carbocycles. The zero-order valence-corrected chi connectivity index (χ0v) is 25.3. The number of anilines is 2. The fourth-order valence-corrected chi connectivity index (χ4v) is 5.77. The number of nitrogens with one attached hydrogen (secondary N) is 1. The van der Waals surface area contributed by atoms with Crippen LogP contribution in [0.1, 0.15) is 23.1 Å². The van der Waals surface area contributed by atoms with E-state index >= 15 is 0 Å². The van der Waals surface area contributed by atoms with Gasteiger partial charge in [-0.2, -0.15) is 0 Å². The molecule has 0 amide bonds. The fourth-order valence-electron chi connectivity index (χ4n) is 4.93. The molecule has 7 nitrogen and oxygen atoms in total. The number of benzene rings is 4. The summed E-state index contributed by atoms with van der Waals surface area (Å²) in [5.41, 5.74) is 4.43. The van der Waals surface area contributed by atoms with Crippen molar-refractivity contribution in [1.82, 2.24) is 0 Å². The second-order valence-electron chi connectivity index (χ2n) is 10.6. The molecule has 42 heavy (non-hydrogen) atoms. The van der Waals surface area contributed by atoms with Crippen LogP contribution in [-0.4, -0.2) is 34.5 Å². The highest BCUT2D eigenvalue weighted by molar-refractivity contribution is 7.92. The van der Waals surface area contributed by atoms with Crippen LogP contribution >= 0.6 is 11.6 Å².